The monoisotopic (exact) mass is 231 g/mol. The molecule has 0 fully saturated rings. The first-order chi connectivity index (χ1) is 8.26. The quantitative estimate of drug-likeness (QED) is 0.849. The third kappa shape index (κ3) is 2.19. The molecule has 0 aliphatic carbocycles. The van der Waals surface area contributed by atoms with Gasteiger partial charge in [0.15, 0.2) is 0 Å². The number of hydrogen-bond donors (Lipinski definition) is 1. The van der Waals surface area contributed by atoms with Gasteiger partial charge >= 0.3 is 0 Å². The van der Waals surface area contributed by atoms with Crippen molar-refractivity contribution < 1.29 is 4.42 Å². The minimum atomic E-state index is -0.232. The van der Waals surface area contributed by atoms with Crippen molar-refractivity contribution >= 4 is 0 Å². The minimum absolute atomic E-state index is 0.129. The Morgan fingerprint density at radius 2 is 2.47 bits per heavy atom. The number of furan rings is 1. The van der Waals surface area contributed by atoms with E-state index in [9.17, 15) is 0 Å². The summed E-state index contributed by atoms with van der Waals surface area (Å²) < 4.78 is 6.94. The summed E-state index contributed by atoms with van der Waals surface area (Å²) in [5.74, 6) is 0.846. The van der Waals surface area contributed by atoms with Gasteiger partial charge in [-0.15, -0.1) is 5.10 Å². The largest absolute Gasteiger partial charge is 0.467 e. The molecule has 6 heteroatoms. The van der Waals surface area contributed by atoms with Crippen LogP contribution < -0.4 is 5.73 Å². The molecule has 0 amide bonds. The van der Waals surface area contributed by atoms with Gasteiger partial charge in [-0.25, -0.2) is 9.67 Å². The summed E-state index contributed by atoms with van der Waals surface area (Å²) in [5.41, 5.74) is 6.06. The van der Waals surface area contributed by atoms with Crippen LogP contribution in [0.4, 0.5) is 0 Å². The van der Waals surface area contributed by atoms with Gasteiger partial charge in [-0.3, -0.25) is 0 Å². The Balaban J connectivity index is 2.37. The minimum Gasteiger partial charge on any atom is -0.467 e. The highest BCUT2D eigenvalue weighted by Crippen LogP contribution is 2.22. The molecule has 2 rings (SSSR count). The summed E-state index contributed by atoms with van der Waals surface area (Å²) in [6.45, 7) is 1.99. The highest BCUT2D eigenvalue weighted by atomic mass is 16.3. The van der Waals surface area contributed by atoms with Crippen LogP contribution in [0.2, 0.25) is 0 Å². The molecule has 2 aromatic heterocycles. The summed E-state index contributed by atoms with van der Waals surface area (Å²) in [5, 5.41) is 12.8. The number of rotatable bonds is 4. The van der Waals surface area contributed by atoms with Crippen molar-refractivity contribution in [3.05, 3.63) is 36.3 Å². The summed E-state index contributed by atoms with van der Waals surface area (Å²) >= 11 is 0. The van der Waals surface area contributed by atoms with Crippen molar-refractivity contribution in [2.45, 2.75) is 25.4 Å². The van der Waals surface area contributed by atoms with Crippen molar-refractivity contribution in [1.29, 1.82) is 5.26 Å². The van der Waals surface area contributed by atoms with Gasteiger partial charge in [-0.2, -0.15) is 5.26 Å². The highest BCUT2D eigenvalue weighted by Gasteiger charge is 2.24. The van der Waals surface area contributed by atoms with E-state index in [0.717, 1.165) is 6.42 Å². The van der Waals surface area contributed by atoms with Crippen LogP contribution >= 0.6 is 0 Å². The molecule has 0 aliphatic rings. The van der Waals surface area contributed by atoms with Crippen LogP contribution in [0.3, 0.4) is 0 Å². The van der Waals surface area contributed by atoms with E-state index < -0.39 is 0 Å². The number of aromatic nitrogens is 3. The average Bonchev–Trinajstić information content (AvgIpc) is 3.00. The van der Waals surface area contributed by atoms with E-state index in [1.165, 1.54) is 6.33 Å². The van der Waals surface area contributed by atoms with Gasteiger partial charge in [0, 0.05) is 6.04 Å². The molecular weight excluding hydrogens is 218 g/mol. The molecule has 0 bridgehead atoms. The fourth-order valence-corrected chi connectivity index (χ4v) is 1.68. The zero-order valence-corrected chi connectivity index (χ0v) is 9.45. The maximum atomic E-state index is 8.72. The SMILES string of the molecule is CCC(N)C(c1ccco1)n1cnc(C#N)n1. The lowest BCUT2D eigenvalue weighted by molar-refractivity contribution is 0.351. The molecule has 2 unspecified atom stereocenters. The second kappa shape index (κ2) is 4.80. The van der Waals surface area contributed by atoms with Crippen LogP contribution in [0, 0.1) is 11.3 Å². The number of nitrogens with two attached hydrogens (primary N) is 1. The summed E-state index contributed by atoms with van der Waals surface area (Å²) in [7, 11) is 0. The zero-order valence-electron chi connectivity index (χ0n) is 9.45. The topological polar surface area (TPSA) is 93.7 Å². The maximum Gasteiger partial charge on any atom is 0.252 e. The van der Waals surface area contributed by atoms with Crippen LogP contribution in [0.5, 0.6) is 0 Å². The highest BCUT2D eigenvalue weighted by molar-refractivity contribution is 5.11. The Morgan fingerprint density at radius 1 is 1.65 bits per heavy atom. The Labute approximate surface area is 98.7 Å². The number of nitrogens with zero attached hydrogens (tertiary/aromatic N) is 4. The lowest BCUT2D eigenvalue weighted by Crippen LogP contribution is -2.32. The fourth-order valence-electron chi connectivity index (χ4n) is 1.68. The van der Waals surface area contributed by atoms with E-state index in [-0.39, 0.29) is 17.9 Å². The molecule has 0 saturated heterocycles. The maximum absolute atomic E-state index is 8.72. The van der Waals surface area contributed by atoms with Gasteiger partial charge in [-0.05, 0) is 18.6 Å². The van der Waals surface area contributed by atoms with Gasteiger partial charge in [0.05, 0.1) is 6.26 Å². The molecule has 0 aliphatic heterocycles. The van der Waals surface area contributed by atoms with Crippen LogP contribution in [0.25, 0.3) is 0 Å². The molecule has 0 radical (unpaired) electrons. The molecule has 0 spiro atoms. The Bertz CT molecular complexity index is 510. The van der Waals surface area contributed by atoms with E-state index >= 15 is 0 Å². The van der Waals surface area contributed by atoms with Gasteiger partial charge in [-0.1, -0.05) is 6.92 Å². The zero-order chi connectivity index (χ0) is 12.3. The predicted molar refractivity (Wildman–Crippen MR) is 59.9 cm³/mol. The molecule has 2 heterocycles. The number of hydrogen-bond acceptors (Lipinski definition) is 5. The first kappa shape index (κ1) is 11.4. The smallest absolute Gasteiger partial charge is 0.252 e. The van der Waals surface area contributed by atoms with Crippen molar-refractivity contribution in [3.8, 4) is 6.07 Å². The molecule has 2 N–H and O–H groups in total. The Hall–Kier alpha value is -2.13. The molecule has 2 atom stereocenters. The first-order valence-corrected chi connectivity index (χ1v) is 5.36. The van der Waals surface area contributed by atoms with E-state index in [0.29, 0.717) is 5.76 Å². The van der Waals surface area contributed by atoms with Crippen molar-refractivity contribution in [1.82, 2.24) is 14.8 Å². The fraction of sp³-hybridized carbons (Fsp3) is 0.364. The average molecular weight is 231 g/mol. The summed E-state index contributed by atoms with van der Waals surface area (Å²) in [4.78, 5) is 3.88. The third-order valence-electron chi connectivity index (χ3n) is 2.61. The standard InChI is InChI=1S/C11H13N5O/c1-2-8(13)11(9-4-3-5-17-9)16-7-14-10(6-12)15-16/h3-5,7-8,11H,2,13H2,1H3. The normalized spacial score (nSPS) is 14.2. The van der Waals surface area contributed by atoms with Crippen molar-refractivity contribution in [3.63, 3.8) is 0 Å². The summed E-state index contributed by atoms with van der Waals surface area (Å²) in [6, 6.07) is 5.15. The van der Waals surface area contributed by atoms with Crippen LogP contribution in [0.1, 0.15) is 31.0 Å². The number of nitriles is 1. The lowest BCUT2D eigenvalue weighted by atomic mass is 10.0. The van der Waals surface area contributed by atoms with E-state index in [2.05, 4.69) is 10.1 Å². The second-order valence-corrected chi connectivity index (χ2v) is 3.69. The van der Waals surface area contributed by atoms with E-state index in [1.54, 1.807) is 17.0 Å². The van der Waals surface area contributed by atoms with Gasteiger partial charge in [0.25, 0.3) is 5.82 Å². The van der Waals surface area contributed by atoms with E-state index in [4.69, 9.17) is 15.4 Å². The van der Waals surface area contributed by atoms with Gasteiger partial charge < -0.3 is 10.2 Å². The second-order valence-electron chi connectivity index (χ2n) is 3.69. The van der Waals surface area contributed by atoms with Crippen LogP contribution in [-0.4, -0.2) is 20.8 Å². The van der Waals surface area contributed by atoms with Crippen molar-refractivity contribution in [2.75, 3.05) is 0 Å². The molecule has 17 heavy (non-hydrogen) atoms. The van der Waals surface area contributed by atoms with Crippen LogP contribution in [0.15, 0.2) is 29.1 Å². The van der Waals surface area contributed by atoms with Gasteiger partial charge in [0.2, 0.25) is 0 Å². The van der Waals surface area contributed by atoms with Crippen LogP contribution in [-0.2, 0) is 0 Å². The summed E-state index contributed by atoms with van der Waals surface area (Å²) in [6.07, 6.45) is 3.86. The van der Waals surface area contributed by atoms with E-state index in [1.807, 2.05) is 19.1 Å². The predicted octanol–water partition coefficient (Wildman–Crippen LogP) is 1.07. The molecular formula is C11H13N5O. The Morgan fingerprint density at radius 3 is 3.00 bits per heavy atom. The third-order valence-corrected chi connectivity index (χ3v) is 2.61. The first-order valence-electron chi connectivity index (χ1n) is 5.36. The molecule has 0 aromatic carbocycles. The Kier molecular flexibility index (Phi) is 3.21. The molecule has 0 saturated carbocycles. The molecule has 6 nitrogen and oxygen atoms in total. The molecule has 88 valence electrons. The lowest BCUT2D eigenvalue weighted by Gasteiger charge is -2.20. The van der Waals surface area contributed by atoms with Gasteiger partial charge in [0.1, 0.15) is 24.2 Å². The molecule has 2 aromatic rings. The van der Waals surface area contributed by atoms with Crippen molar-refractivity contribution in [2.24, 2.45) is 5.73 Å².